The summed E-state index contributed by atoms with van der Waals surface area (Å²) in [5.74, 6) is 0.434. The number of benzene rings is 3. The maximum atomic E-state index is 10.7. The molecule has 0 amide bonds. The van der Waals surface area contributed by atoms with Crippen LogP contribution in [0.2, 0.25) is 0 Å². The molecule has 0 unspecified atom stereocenters. The number of hydrogen-bond acceptors (Lipinski definition) is 6. The van der Waals surface area contributed by atoms with Gasteiger partial charge in [-0.1, -0.05) is 52.0 Å². The number of hydrogen-bond donors (Lipinski definition) is 2. The first-order chi connectivity index (χ1) is 18.0. The van der Waals surface area contributed by atoms with Crippen molar-refractivity contribution in [3.63, 3.8) is 0 Å². The minimum Gasteiger partial charge on any atom is -0.507 e. The fourth-order valence-corrected chi connectivity index (χ4v) is 4.93. The van der Waals surface area contributed by atoms with Gasteiger partial charge in [-0.2, -0.15) is 0 Å². The third kappa shape index (κ3) is 6.05. The van der Waals surface area contributed by atoms with E-state index < -0.39 is 0 Å². The van der Waals surface area contributed by atoms with Crippen molar-refractivity contribution in [1.82, 2.24) is 0 Å². The van der Waals surface area contributed by atoms with Crippen LogP contribution in [0.3, 0.4) is 0 Å². The molecule has 0 bridgehead atoms. The first-order valence-electron chi connectivity index (χ1n) is 12.8. The predicted octanol–water partition coefficient (Wildman–Crippen LogP) is 6.34. The molecule has 0 atom stereocenters. The normalized spacial score (nSPS) is 12.2. The topological polar surface area (TPSA) is 77.4 Å². The number of aromatic hydroxyl groups is 2. The maximum Gasteiger partial charge on any atom is 0.126 e. The third-order valence-corrected chi connectivity index (χ3v) is 7.48. The standard InChI is InChI=1S/C32H42O6/c1-31(2,27-12-21(17-35-5)29(33)22(13-27)18-36-6)25-10-9-11-26(16-25)32(3,4)28-14-23(19-37-7)30(34)24(15-28)20-38-8/h9-16,33-34H,17-20H2,1-8H3. The molecule has 0 aromatic heterocycles. The molecule has 0 spiro atoms. The van der Waals surface area contributed by atoms with Crippen molar-refractivity contribution in [1.29, 1.82) is 0 Å². The van der Waals surface area contributed by atoms with Gasteiger partial charge in [0.15, 0.2) is 0 Å². The highest BCUT2D eigenvalue weighted by Gasteiger charge is 2.30. The molecule has 6 nitrogen and oxygen atoms in total. The van der Waals surface area contributed by atoms with E-state index in [4.69, 9.17) is 18.9 Å². The van der Waals surface area contributed by atoms with Gasteiger partial charge >= 0.3 is 0 Å². The van der Waals surface area contributed by atoms with Gasteiger partial charge in [0.2, 0.25) is 0 Å². The Morgan fingerprint density at radius 2 is 0.789 bits per heavy atom. The molecule has 0 aliphatic heterocycles. The fourth-order valence-electron chi connectivity index (χ4n) is 4.93. The van der Waals surface area contributed by atoms with E-state index in [1.165, 1.54) is 0 Å². The van der Waals surface area contributed by atoms with Crippen LogP contribution in [0.15, 0.2) is 48.5 Å². The number of methoxy groups -OCH3 is 4. The number of phenolic OH excluding ortho intramolecular Hbond substituents is 2. The van der Waals surface area contributed by atoms with Crippen LogP contribution < -0.4 is 0 Å². The van der Waals surface area contributed by atoms with Crippen LogP contribution in [0.4, 0.5) is 0 Å². The highest BCUT2D eigenvalue weighted by Crippen LogP contribution is 2.40. The van der Waals surface area contributed by atoms with E-state index in [0.29, 0.717) is 26.4 Å². The summed E-state index contributed by atoms with van der Waals surface area (Å²) in [6.45, 7) is 10.0. The summed E-state index contributed by atoms with van der Waals surface area (Å²) in [5, 5.41) is 21.5. The van der Waals surface area contributed by atoms with E-state index in [1.807, 2.05) is 24.3 Å². The summed E-state index contributed by atoms with van der Waals surface area (Å²) in [7, 11) is 6.49. The van der Waals surface area contributed by atoms with E-state index in [-0.39, 0.29) is 22.3 Å². The second-order valence-corrected chi connectivity index (χ2v) is 10.8. The molecule has 0 fully saturated rings. The second-order valence-electron chi connectivity index (χ2n) is 10.8. The molecule has 0 aliphatic carbocycles. The van der Waals surface area contributed by atoms with Crippen molar-refractivity contribution in [3.05, 3.63) is 93.0 Å². The molecule has 38 heavy (non-hydrogen) atoms. The maximum absolute atomic E-state index is 10.7. The molecule has 3 rings (SSSR count). The molecule has 0 aliphatic rings. The average Bonchev–Trinajstić information content (AvgIpc) is 2.89. The second kappa shape index (κ2) is 12.3. The molecular formula is C32H42O6. The first-order valence-corrected chi connectivity index (χ1v) is 12.8. The molecule has 3 aromatic rings. The minimum absolute atomic E-state index is 0.217. The quantitative estimate of drug-likeness (QED) is 0.289. The molecule has 2 N–H and O–H groups in total. The van der Waals surface area contributed by atoms with Crippen LogP contribution in [-0.4, -0.2) is 38.7 Å². The first kappa shape index (κ1) is 29.7. The summed E-state index contributed by atoms with van der Waals surface area (Å²) in [6.07, 6.45) is 0. The highest BCUT2D eigenvalue weighted by molar-refractivity contribution is 5.52. The van der Waals surface area contributed by atoms with E-state index in [2.05, 4.69) is 52.0 Å². The largest absolute Gasteiger partial charge is 0.507 e. The molecular weight excluding hydrogens is 480 g/mol. The summed E-state index contributed by atoms with van der Waals surface area (Å²) in [5.41, 5.74) is 6.66. The average molecular weight is 523 g/mol. The summed E-state index contributed by atoms with van der Waals surface area (Å²) < 4.78 is 21.4. The van der Waals surface area contributed by atoms with Crippen molar-refractivity contribution in [2.24, 2.45) is 0 Å². The van der Waals surface area contributed by atoms with Gasteiger partial charge < -0.3 is 29.2 Å². The molecule has 6 heteroatoms. The van der Waals surface area contributed by atoms with Gasteiger partial charge in [0, 0.05) is 61.5 Å². The van der Waals surface area contributed by atoms with E-state index in [1.54, 1.807) is 28.4 Å². The Balaban J connectivity index is 2.11. The minimum atomic E-state index is -0.359. The zero-order valence-electron chi connectivity index (χ0n) is 24.0. The van der Waals surface area contributed by atoms with Crippen LogP contribution in [0.5, 0.6) is 11.5 Å². The Bertz CT molecular complexity index is 1100. The smallest absolute Gasteiger partial charge is 0.126 e. The van der Waals surface area contributed by atoms with Gasteiger partial charge in [-0.05, 0) is 46.5 Å². The van der Waals surface area contributed by atoms with Gasteiger partial charge in [-0.3, -0.25) is 0 Å². The Morgan fingerprint density at radius 3 is 1.05 bits per heavy atom. The summed E-state index contributed by atoms with van der Waals surface area (Å²) >= 11 is 0. The van der Waals surface area contributed by atoms with E-state index in [9.17, 15) is 10.2 Å². The van der Waals surface area contributed by atoms with Crippen molar-refractivity contribution in [3.8, 4) is 11.5 Å². The lowest BCUT2D eigenvalue weighted by atomic mass is 9.72. The molecule has 0 saturated carbocycles. The van der Waals surface area contributed by atoms with Crippen LogP contribution in [0.1, 0.15) is 72.2 Å². The van der Waals surface area contributed by atoms with Gasteiger partial charge in [-0.15, -0.1) is 0 Å². The zero-order valence-corrected chi connectivity index (χ0v) is 24.0. The van der Waals surface area contributed by atoms with Crippen molar-refractivity contribution in [2.45, 2.75) is 65.0 Å². The Labute approximate surface area is 227 Å². The van der Waals surface area contributed by atoms with Crippen LogP contribution >= 0.6 is 0 Å². The van der Waals surface area contributed by atoms with E-state index in [0.717, 1.165) is 44.5 Å². The van der Waals surface area contributed by atoms with E-state index >= 15 is 0 Å². The number of rotatable bonds is 12. The Morgan fingerprint density at radius 1 is 0.500 bits per heavy atom. The van der Waals surface area contributed by atoms with Crippen LogP contribution in [0.25, 0.3) is 0 Å². The molecule has 3 aromatic carbocycles. The molecule has 0 radical (unpaired) electrons. The zero-order chi connectivity index (χ0) is 28.1. The highest BCUT2D eigenvalue weighted by atomic mass is 16.5. The van der Waals surface area contributed by atoms with Crippen molar-refractivity contribution < 1.29 is 29.2 Å². The lowest BCUT2D eigenvalue weighted by Crippen LogP contribution is -2.23. The van der Waals surface area contributed by atoms with Gasteiger partial charge in [0.1, 0.15) is 11.5 Å². The summed E-state index contributed by atoms with van der Waals surface area (Å²) in [6, 6.07) is 16.7. The van der Waals surface area contributed by atoms with Gasteiger partial charge in [0.25, 0.3) is 0 Å². The van der Waals surface area contributed by atoms with Crippen molar-refractivity contribution >= 4 is 0 Å². The predicted molar refractivity (Wildman–Crippen MR) is 150 cm³/mol. The molecule has 0 saturated heterocycles. The third-order valence-electron chi connectivity index (χ3n) is 7.48. The van der Waals surface area contributed by atoms with Crippen LogP contribution in [-0.2, 0) is 56.2 Å². The monoisotopic (exact) mass is 522 g/mol. The molecule has 0 heterocycles. The lowest BCUT2D eigenvalue weighted by Gasteiger charge is -2.32. The van der Waals surface area contributed by atoms with Gasteiger partial charge in [-0.25, -0.2) is 0 Å². The lowest BCUT2D eigenvalue weighted by molar-refractivity contribution is 0.174. The summed E-state index contributed by atoms with van der Waals surface area (Å²) in [4.78, 5) is 0. The number of ether oxygens (including phenoxy) is 4. The fraction of sp³-hybridized carbons (Fsp3) is 0.438. The van der Waals surface area contributed by atoms with Gasteiger partial charge in [0.05, 0.1) is 26.4 Å². The molecule has 206 valence electrons. The van der Waals surface area contributed by atoms with Crippen LogP contribution in [0, 0.1) is 0 Å². The Hall–Kier alpha value is -2.90. The Kier molecular flexibility index (Phi) is 9.60. The van der Waals surface area contributed by atoms with Crippen molar-refractivity contribution in [2.75, 3.05) is 28.4 Å². The number of phenols is 2. The SMILES string of the molecule is COCc1cc(C(C)(C)c2cccc(C(C)(C)c3cc(COC)c(O)c(COC)c3)c2)cc(COC)c1O.